The zero-order valence-electron chi connectivity index (χ0n) is 11.9. The molecule has 0 aliphatic carbocycles. The summed E-state index contributed by atoms with van der Waals surface area (Å²) in [5.41, 5.74) is 3.54. The van der Waals surface area contributed by atoms with E-state index >= 15 is 0 Å². The topological polar surface area (TPSA) is 3.01 Å². The molecule has 0 N–H and O–H groups in total. The van der Waals surface area contributed by atoms with Crippen LogP contribution in [0, 0.1) is 0 Å². The molecule has 2 aromatic rings. The molecule has 98 valence electrons. The van der Waals surface area contributed by atoms with Crippen molar-refractivity contribution in [2.75, 3.05) is 4.90 Å². The van der Waals surface area contributed by atoms with Crippen LogP contribution in [0.25, 0.3) is 0 Å². The van der Waals surface area contributed by atoms with Crippen LogP contribution in [-0.2, 0) is 0 Å². The van der Waals surface area contributed by atoms with Crippen molar-refractivity contribution in [3.05, 3.63) is 66.2 Å². The minimum Gasteiger partial charge on any atom is -0.360 e. The summed E-state index contributed by atoms with van der Waals surface area (Å²) >= 11 is 0. The molecule has 2 aromatic carbocycles. The molecule has 1 saturated heterocycles. The lowest BCUT2D eigenvalue weighted by Crippen LogP contribution is -2.32. The van der Waals surface area contributed by atoms with E-state index < -0.39 is 8.07 Å². The summed E-state index contributed by atoms with van der Waals surface area (Å²) in [7, 11) is -1.19. The highest BCUT2D eigenvalue weighted by Crippen LogP contribution is 2.50. The summed E-state index contributed by atoms with van der Waals surface area (Å²) in [6.07, 6.45) is 0. The van der Waals surface area contributed by atoms with Crippen molar-refractivity contribution in [2.45, 2.75) is 31.3 Å². The Kier molecular flexibility index (Phi) is 2.98. The Balaban J connectivity index is 1.95. The van der Waals surface area contributed by atoms with Gasteiger partial charge in [0.25, 0.3) is 0 Å². The monoisotopic (exact) mass is 267 g/mol. The molecule has 1 nitrogen and oxygen atoms in total. The summed E-state index contributed by atoms with van der Waals surface area (Å²) in [5.74, 6) is 0. The van der Waals surface area contributed by atoms with E-state index in [1.54, 1.807) is 0 Å². The summed E-state index contributed by atoms with van der Waals surface area (Å²) in [6, 6.07) is 22.3. The third kappa shape index (κ3) is 2.33. The molecule has 1 aliphatic heterocycles. The normalized spacial score (nSPS) is 22.4. The highest BCUT2D eigenvalue weighted by Gasteiger charge is 2.55. The van der Waals surface area contributed by atoms with Crippen LogP contribution in [0.1, 0.15) is 11.6 Å². The average molecular weight is 267 g/mol. The fourth-order valence-electron chi connectivity index (χ4n) is 3.04. The third-order valence-electron chi connectivity index (χ3n) is 3.89. The Hall–Kier alpha value is -1.54. The molecule has 1 fully saturated rings. The third-order valence-corrected chi connectivity index (χ3v) is 6.26. The first-order valence-electron chi connectivity index (χ1n) is 6.97. The number of anilines is 1. The van der Waals surface area contributed by atoms with Crippen molar-refractivity contribution in [1.82, 2.24) is 0 Å². The van der Waals surface area contributed by atoms with Gasteiger partial charge >= 0.3 is 0 Å². The van der Waals surface area contributed by atoms with Gasteiger partial charge in [-0.05, 0) is 17.7 Å². The fourth-order valence-corrected chi connectivity index (χ4v) is 5.39. The van der Waals surface area contributed by atoms with E-state index in [-0.39, 0.29) is 0 Å². The Bertz CT molecular complexity index is 499. The van der Waals surface area contributed by atoms with Gasteiger partial charge in [0.15, 0.2) is 0 Å². The van der Waals surface area contributed by atoms with Gasteiger partial charge in [-0.25, -0.2) is 0 Å². The largest absolute Gasteiger partial charge is 0.360 e. The predicted molar refractivity (Wildman–Crippen MR) is 85.2 cm³/mol. The molecule has 0 saturated carbocycles. The maximum atomic E-state index is 2.60. The Morgan fingerprint density at radius 3 is 1.84 bits per heavy atom. The van der Waals surface area contributed by atoms with Crippen LogP contribution < -0.4 is 4.90 Å². The van der Waals surface area contributed by atoms with Crippen LogP contribution in [0.2, 0.25) is 19.6 Å². The van der Waals surface area contributed by atoms with Crippen molar-refractivity contribution in [3.63, 3.8) is 0 Å². The lowest BCUT2D eigenvalue weighted by atomic mass is 10.1. The first kappa shape index (κ1) is 12.5. The van der Waals surface area contributed by atoms with Gasteiger partial charge < -0.3 is 4.90 Å². The van der Waals surface area contributed by atoms with Crippen molar-refractivity contribution >= 4 is 13.8 Å². The van der Waals surface area contributed by atoms with Gasteiger partial charge in [-0.15, -0.1) is 0 Å². The number of rotatable bonds is 3. The van der Waals surface area contributed by atoms with E-state index in [1.165, 1.54) is 11.3 Å². The van der Waals surface area contributed by atoms with Gasteiger partial charge in [0.1, 0.15) is 0 Å². The zero-order valence-corrected chi connectivity index (χ0v) is 12.9. The molecule has 2 atom stereocenters. The smallest absolute Gasteiger partial charge is 0.0736 e. The molecule has 0 aromatic heterocycles. The molecule has 0 bridgehead atoms. The molecule has 2 heteroatoms. The first-order valence-corrected chi connectivity index (χ1v) is 10.5. The van der Waals surface area contributed by atoms with Crippen LogP contribution in [0.3, 0.4) is 0 Å². The molecule has 1 aliphatic rings. The van der Waals surface area contributed by atoms with Crippen LogP contribution >= 0.6 is 0 Å². The van der Waals surface area contributed by atoms with Gasteiger partial charge in [-0.2, -0.15) is 0 Å². The van der Waals surface area contributed by atoms with Crippen molar-refractivity contribution in [3.8, 4) is 0 Å². The van der Waals surface area contributed by atoms with E-state index in [2.05, 4.69) is 85.2 Å². The molecule has 0 amide bonds. The quantitative estimate of drug-likeness (QED) is 0.585. The van der Waals surface area contributed by atoms with Crippen molar-refractivity contribution in [1.29, 1.82) is 0 Å². The van der Waals surface area contributed by atoms with Gasteiger partial charge in [0.05, 0.1) is 14.1 Å². The lowest BCUT2D eigenvalue weighted by molar-refractivity contribution is 1.11. The summed E-state index contributed by atoms with van der Waals surface area (Å²) < 4.78 is 0. The second-order valence-corrected chi connectivity index (χ2v) is 11.7. The van der Waals surface area contributed by atoms with Crippen LogP contribution in [0.15, 0.2) is 60.7 Å². The van der Waals surface area contributed by atoms with Crippen molar-refractivity contribution < 1.29 is 0 Å². The van der Waals surface area contributed by atoms with E-state index in [1.807, 2.05) is 0 Å². The van der Waals surface area contributed by atoms with E-state index in [0.29, 0.717) is 6.04 Å². The van der Waals surface area contributed by atoms with Crippen LogP contribution in [0.4, 0.5) is 5.69 Å². The maximum Gasteiger partial charge on any atom is 0.0736 e. The maximum absolute atomic E-state index is 2.60. The van der Waals surface area contributed by atoms with Gasteiger partial charge in [-0.3, -0.25) is 0 Å². The molecule has 1 heterocycles. The van der Waals surface area contributed by atoms with E-state index in [4.69, 9.17) is 0 Å². The molecule has 0 unspecified atom stereocenters. The van der Waals surface area contributed by atoms with Gasteiger partial charge in [-0.1, -0.05) is 68.2 Å². The molecule has 3 rings (SSSR count). The van der Waals surface area contributed by atoms with E-state index in [0.717, 1.165) is 5.67 Å². The SMILES string of the molecule is C[Si](C)(C)[C@@H]1[C@H](c2ccccc2)N1c1ccccc1. The zero-order chi connectivity index (χ0) is 13.5. The molecular formula is C17H21NSi. The van der Waals surface area contributed by atoms with Crippen LogP contribution in [0.5, 0.6) is 0 Å². The number of benzene rings is 2. The lowest BCUT2D eigenvalue weighted by Gasteiger charge is -2.15. The number of hydrogen-bond donors (Lipinski definition) is 0. The molecule has 0 radical (unpaired) electrons. The average Bonchev–Trinajstić information content (AvgIpc) is 3.16. The second-order valence-electron chi connectivity index (χ2n) is 6.41. The van der Waals surface area contributed by atoms with Gasteiger partial charge in [0, 0.05) is 11.4 Å². The van der Waals surface area contributed by atoms with Crippen LogP contribution in [-0.4, -0.2) is 13.7 Å². The Morgan fingerprint density at radius 1 is 0.789 bits per heavy atom. The Labute approximate surface area is 116 Å². The minimum absolute atomic E-state index is 0.579. The highest BCUT2D eigenvalue weighted by molar-refractivity contribution is 6.79. The fraction of sp³-hybridized carbons (Fsp3) is 0.294. The number of para-hydroxylation sites is 1. The number of hydrogen-bond acceptors (Lipinski definition) is 1. The Morgan fingerprint density at radius 2 is 1.32 bits per heavy atom. The molecule has 0 spiro atoms. The summed E-state index contributed by atoms with van der Waals surface area (Å²) in [5, 5.41) is 0. The minimum atomic E-state index is -1.19. The second kappa shape index (κ2) is 4.53. The standard InChI is InChI=1S/C17H21NSi/c1-19(2,3)17-16(14-10-6-4-7-11-14)18(17)15-12-8-5-9-13-15/h4-13,16-17H,1-3H3/t16-,17+,18?/m0/s1. The van der Waals surface area contributed by atoms with Gasteiger partial charge in [0.2, 0.25) is 0 Å². The van der Waals surface area contributed by atoms with Crippen molar-refractivity contribution in [2.24, 2.45) is 0 Å². The number of nitrogens with zero attached hydrogens (tertiary/aromatic N) is 1. The summed E-state index contributed by atoms with van der Waals surface area (Å²) in [4.78, 5) is 2.60. The molecule has 19 heavy (non-hydrogen) atoms. The van der Waals surface area contributed by atoms with E-state index in [9.17, 15) is 0 Å². The summed E-state index contributed by atoms with van der Waals surface area (Å²) in [6.45, 7) is 7.41. The highest BCUT2D eigenvalue weighted by atomic mass is 28.3. The first-order chi connectivity index (χ1) is 9.09. The predicted octanol–water partition coefficient (Wildman–Crippen LogP) is 4.49. The molecular weight excluding hydrogens is 246 g/mol.